The highest BCUT2D eigenvalue weighted by atomic mass is 16.6. The summed E-state index contributed by atoms with van der Waals surface area (Å²) in [4.78, 5) is 0. The van der Waals surface area contributed by atoms with Crippen LogP contribution in [-0.2, 0) is 16.6 Å². The summed E-state index contributed by atoms with van der Waals surface area (Å²) in [5, 5.41) is 3.72. The average molecular weight is 367 g/mol. The SMILES string of the molecule is c1ccc(CCCNCC2(c3ccc4c(c3)OCCO4)CCOCC2)cc1. The number of rotatable bonds is 7. The minimum absolute atomic E-state index is 0.112. The molecule has 0 aromatic heterocycles. The topological polar surface area (TPSA) is 39.7 Å². The number of hydrogen-bond donors (Lipinski definition) is 1. The number of nitrogens with one attached hydrogen (secondary N) is 1. The van der Waals surface area contributed by atoms with E-state index in [1.807, 2.05) is 0 Å². The Balaban J connectivity index is 1.38. The quantitative estimate of drug-likeness (QED) is 0.757. The lowest BCUT2D eigenvalue weighted by molar-refractivity contribution is 0.0497. The molecule has 1 fully saturated rings. The Morgan fingerprint density at radius 1 is 0.852 bits per heavy atom. The standard InChI is InChI=1S/C23H29NO3/c1-2-5-19(6-3-1)7-4-12-24-18-23(10-13-25-14-11-23)20-8-9-21-22(17-20)27-16-15-26-21/h1-3,5-6,8-9,17,24H,4,7,10-16,18H2. The second-order valence-corrected chi connectivity index (χ2v) is 7.52. The Kier molecular flexibility index (Phi) is 5.95. The lowest BCUT2D eigenvalue weighted by atomic mass is 9.74. The fraction of sp³-hybridized carbons (Fsp3) is 0.478. The van der Waals surface area contributed by atoms with Gasteiger partial charge in [0.25, 0.3) is 0 Å². The summed E-state index contributed by atoms with van der Waals surface area (Å²) < 4.78 is 17.2. The van der Waals surface area contributed by atoms with E-state index < -0.39 is 0 Å². The Labute approximate surface area is 161 Å². The molecule has 2 heterocycles. The zero-order chi connectivity index (χ0) is 18.4. The summed E-state index contributed by atoms with van der Waals surface area (Å²) in [6, 6.07) is 17.2. The van der Waals surface area contributed by atoms with Gasteiger partial charge in [0.2, 0.25) is 0 Å². The fourth-order valence-electron chi connectivity index (χ4n) is 4.09. The van der Waals surface area contributed by atoms with Gasteiger partial charge in [0.1, 0.15) is 13.2 Å². The van der Waals surface area contributed by atoms with Crippen LogP contribution in [0.1, 0.15) is 30.4 Å². The van der Waals surface area contributed by atoms with Crippen molar-refractivity contribution in [1.29, 1.82) is 0 Å². The first-order chi connectivity index (χ1) is 13.4. The van der Waals surface area contributed by atoms with E-state index in [0.717, 1.165) is 63.5 Å². The highest BCUT2D eigenvalue weighted by molar-refractivity contribution is 5.46. The van der Waals surface area contributed by atoms with Crippen molar-refractivity contribution in [2.75, 3.05) is 39.5 Å². The molecule has 0 bridgehead atoms. The van der Waals surface area contributed by atoms with Crippen LogP contribution in [0.3, 0.4) is 0 Å². The molecule has 0 saturated carbocycles. The van der Waals surface area contributed by atoms with Crippen molar-refractivity contribution >= 4 is 0 Å². The van der Waals surface area contributed by atoms with Gasteiger partial charge >= 0.3 is 0 Å². The summed E-state index contributed by atoms with van der Waals surface area (Å²) in [7, 11) is 0. The van der Waals surface area contributed by atoms with Crippen LogP contribution in [0.15, 0.2) is 48.5 Å². The molecule has 0 spiro atoms. The summed E-state index contributed by atoms with van der Waals surface area (Å²) in [6.45, 7) is 4.91. The van der Waals surface area contributed by atoms with Crippen LogP contribution in [0, 0.1) is 0 Å². The second kappa shape index (κ2) is 8.77. The lowest BCUT2D eigenvalue weighted by Gasteiger charge is -2.38. The number of ether oxygens (including phenoxy) is 3. The Bertz CT molecular complexity index is 726. The van der Waals surface area contributed by atoms with Crippen LogP contribution in [0.4, 0.5) is 0 Å². The van der Waals surface area contributed by atoms with Crippen molar-refractivity contribution < 1.29 is 14.2 Å². The maximum atomic E-state index is 5.82. The molecular weight excluding hydrogens is 338 g/mol. The molecule has 4 heteroatoms. The van der Waals surface area contributed by atoms with Crippen LogP contribution >= 0.6 is 0 Å². The molecule has 27 heavy (non-hydrogen) atoms. The Morgan fingerprint density at radius 2 is 1.63 bits per heavy atom. The monoisotopic (exact) mass is 367 g/mol. The number of aryl methyl sites for hydroxylation is 1. The van der Waals surface area contributed by atoms with E-state index in [1.165, 1.54) is 11.1 Å². The third-order valence-corrected chi connectivity index (χ3v) is 5.73. The van der Waals surface area contributed by atoms with Gasteiger partial charge in [-0.25, -0.2) is 0 Å². The molecular formula is C23H29NO3. The highest BCUT2D eigenvalue weighted by Crippen LogP contribution is 2.39. The molecule has 4 nitrogen and oxygen atoms in total. The molecule has 0 aliphatic carbocycles. The average Bonchev–Trinajstić information content (AvgIpc) is 2.74. The molecule has 4 rings (SSSR count). The van der Waals surface area contributed by atoms with E-state index in [0.29, 0.717) is 13.2 Å². The minimum atomic E-state index is 0.112. The summed E-state index contributed by atoms with van der Waals surface area (Å²) >= 11 is 0. The first-order valence-corrected chi connectivity index (χ1v) is 10.1. The molecule has 1 N–H and O–H groups in total. The van der Waals surface area contributed by atoms with E-state index >= 15 is 0 Å². The largest absolute Gasteiger partial charge is 0.486 e. The Morgan fingerprint density at radius 3 is 2.44 bits per heavy atom. The van der Waals surface area contributed by atoms with Gasteiger partial charge in [-0.05, 0) is 55.5 Å². The third kappa shape index (κ3) is 4.45. The maximum absolute atomic E-state index is 5.82. The second-order valence-electron chi connectivity index (χ2n) is 7.52. The molecule has 0 unspecified atom stereocenters. The van der Waals surface area contributed by atoms with Gasteiger partial charge in [-0.2, -0.15) is 0 Å². The van der Waals surface area contributed by atoms with Crippen LogP contribution in [0.5, 0.6) is 11.5 Å². The zero-order valence-electron chi connectivity index (χ0n) is 15.9. The van der Waals surface area contributed by atoms with Crippen molar-refractivity contribution in [2.24, 2.45) is 0 Å². The van der Waals surface area contributed by atoms with E-state index in [9.17, 15) is 0 Å². The van der Waals surface area contributed by atoms with Gasteiger partial charge in [0, 0.05) is 25.2 Å². The molecule has 0 radical (unpaired) electrons. The summed E-state index contributed by atoms with van der Waals surface area (Å²) in [5.41, 5.74) is 2.86. The Hall–Kier alpha value is -2.04. The number of benzene rings is 2. The first kappa shape index (κ1) is 18.3. The predicted molar refractivity (Wildman–Crippen MR) is 107 cm³/mol. The van der Waals surface area contributed by atoms with Gasteiger partial charge in [-0.1, -0.05) is 36.4 Å². The zero-order valence-corrected chi connectivity index (χ0v) is 15.9. The summed E-state index contributed by atoms with van der Waals surface area (Å²) in [6.07, 6.45) is 4.35. The van der Waals surface area contributed by atoms with Gasteiger partial charge in [-0.3, -0.25) is 0 Å². The van der Waals surface area contributed by atoms with Crippen LogP contribution in [0.2, 0.25) is 0 Å². The van der Waals surface area contributed by atoms with E-state index in [2.05, 4.69) is 53.8 Å². The van der Waals surface area contributed by atoms with Gasteiger partial charge in [0.05, 0.1) is 0 Å². The molecule has 2 aliphatic heterocycles. The van der Waals surface area contributed by atoms with Crippen molar-refractivity contribution in [3.63, 3.8) is 0 Å². The normalized spacial score (nSPS) is 18.2. The first-order valence-electron chi connectivity index (χ1n) is 10.1. The molecule has 2 aromatic rings. The van der Waals surface area contributed by atoms with Gasteiger partial charge in [0.15, 0.2) is 11.5 Å². The number of fused-ring (bicyclic) bond motifs is 1. The van der Waals surface area contributed by atoms with Crippen molar-refractivity contribution in [3.05, 3.63) is 59.7 Å². The van der Waals surface area contributed by atoms with E-state index in [4.69, 9.17) is 14.2 Å². The fourth-order valence-corrected chi connectivity index (χ4v) is 4.09. The van der Waals surface area contributed by atoms with Crippen LogP contribution < -0.4 is 14.8 Å². The van der Waals surface area contributed by atoms with E-state index in [-0.39, 0.29) is 5.41 Å². The van der Waals surface area contributed by atoms with Crippen LogP contribution in [-0.4, -0.2) is 39.5 Å². The predicted octanol–water partition coefficient (Wildman–Crippen LogP) is 3.73. The smallest absolute Gasteiger partial charge is 0.161 e. The van der Waals surface area contributed by atoms with Gasteiger partial charge in [-0.15, -0.1) is 0 Å². The number of hydrogen-bond acceptors (Lipinski definition) is 4. The van der Waals surface area contributed by atoms with Crippen molar-refractivity contribution in [3.8, 4) is 11.5 Å². The molecule has 2 aliphatic rings. The van der Waals surface area contributed by atoms with E-state index in [1.54, 1.807) is 0 Å². The minimum Gasteiger partial charge on any atom is -0.486 e. The lowest BCUT2D eigenvalue weighted by Crippen LogP contribution is -2.43. The van der Waals surface area contributed by atoms with Crippen molar-refractivity contribution in [2.45, 2.75) is 31.1 Å². The molecule has 0 amide bonds. The molecule has 2 aromatic carbocycles. The highest BCUT2D eigenvalue weighted by Gasteiger charge is 2.35. The van der Waals surface area contributed by atoms with Crippen molar-refractivity contribution in [1.82, 2.24) is 5.32 Å². The summed E-state index contributed by atoms with van der Waals surface area (Å²) in [5.74, 6) is 1.75. The third-order valence-electron chi connectivity index (χ3n) is 5.73. The molecule has 0 atom stereocenters. The van der Waals surface area contributed by atoms with Crippen LogP contribution in [0.25, 0.3) is 0 Å². The molecule has 144 valence electrons. The maximum Gasteiger partial charge on any atom is 0.161 e. The molecule has 1 saturated heterocycles. The van der Waals surface area contributed by atoms with Gasteiger partial charge < -0.3 is 19.5 Å².